The summed E-state index contributed by atoms with van der Waals surface area (Å²) in [5.74, 6) is 0.764. The summed E-state index contributed by atoms with van der Waals surface area (Å²) in [6.07, 6.45) is -1.11. The van der Waals surface area contributed by atoms with Crippen LogP contribution in [0.15, 0.2) is 36.4 Å². The predicted octanol–water partition coefficient (Wildman–Crippen LogP) is 3.65. The van der Waals surface area contributed by atoms with E-state index in [9.17, 15) is 18.4 Å². The van der Waals surface area contributed by atoms with Gasteiger partial charge in [-0.1, -0.05) is 6.07 Å². The lowest BCUT2D eigenvalue weighted by atomic mass is 10.0. The lowest BCUT2D eigenvalue weighted by Gasteiger charge is -2.29. The minimum atomic E-state index is -0.599. The van der Waals surface area contributed by atoms with Gasteiger partial charge in [0.05, 0.1) is 24.5 Å². The van der Waals surface area contributed by atoms with Crippen molar-refractivity contribution in [3.63, 3.8) is 0 Å². The van der Waals surface area contributed by atoms with Gasteiger partial charge in [0, 0.05) is 37.1 Å². The number of rotatable bonds is 5. The van der Waals surface area contributed by atoms with E-state index in [2.05, 4.69) is 5.32 Å². The van der Waals surface area contributed by atoms with Crippen LogP contribution in [0.2, 0.25) is 0 Å². The second-order valence-corrected chi connectivity index (χ2v) is 8.71. The normalized spacial score (nSPS) is 18.8. The van der Waals surface area contributed by atoms with Gasteiger partial charge in [-0.05, 0) is 35.9 Å². The van der Waals surface area contributed by atoms with Crippen LogP contribution in [-0.2, 0) is 9.53 Å². The van der Waals surface area contributed by atoms with E-state index in [1.807, 2.05) is 16.7 Å². The molecule has 2 saturated heterocycles. The van der Waals surface area contributed by atoms with E-state index >= 15 is 0 Å². The number of anilines is 2. The largest absolute Gasteiger partial charge is 0.442 e. The average Bonchev–Trinajstić information content (AvgIpc) is 3.13. The highest BCUT2D eigenvalue weighted by Gasteiger charge is 2.32. The fourth-order valence-electron chi connectivity index (χ4n) is 3.74. The number of benzene rings is 2. The van der Waals surface area contributed by atoms with Gasteiger partial charge in [0.15, 0.2) is 0 Å². The molecule has 1 N–H and O–H groups in total. The van der Waals surface area contributed by atoms with Gasteiger partial charge in [0.25, 0.3) is 0 Å². The first-order chi connectivity index (χ1) is 14.9. The third-order valence-electron chi connectivity index (χ3n) is 5.33. The van der Waals surface area contributed by atoms with Crippen LogP contribution in [0.1, 0.15) is 6.92 Å². The Bertz CT molecular complexity index is 998. The second kappa shape index (κ2) is 9.13. The molecular formula is C22H23F2N3O3S. The van der Waals surface area contributed by atoms with Gasteiger partial charge in [0.1, 0.15) is 17.7 Å². The highest BCUT2D eigenvalue weighted by molar-refractivity contribution is 7.99. The summed E-state index contributed by atoms with van der Waals surface area (Å²) in [7, 11) is 0. The van der Waals surface area contributed by atoms with Crippen LogP contribution in [0, 0.1) is 11.6 Å². The maximum absolute atomic E-state index is 14.9. The summed E-state index contributed by atoms with van der Waals surface area (Å²) in [5, 5.41) is 2.60. The van der Waals surface area contributed by atoms with E-state index in [1.54, 1.807) is 18.2 Å². The highest BCUT2D eigenvalue weighted by atomic mass is 32.2. The maximum Gasteiger partial charge on any atom is 0.414 e. The van der Waals surface area contributed by atoms with Gasteiger partial charge >= 0.3 is 6.09 Å². The van der Waals surface area contributed by atoms with Crippen LogP contribution in [0.4, 0.5) is 25.0 Å². The summed E-state index contributed by atoms with van der Waals surface area (Å²) < 4.78 is 34.8. The molecule has 6 nitrogen and oxygen atoms in total. The van der Waals surface area contributed by atoms with Crippen molar-refractivity contribution in [2.45, 2.75) is 13.0 Å². The summed E-state index contributed by atoms with van der Waals surface area (Å²) in [4.78, 5) is 26.5. The van der Waals surface area contributed by atoms with E-state index < -0.39 is 18.0 Å². The van der Waals surface area contributed by atoms with Crippen molar-refractivity contribution in [2.75, 3.05) is 47.5 Å². The number of thioether (sulfide) groups is 1. The van der Waals surface area contributed by atoms with Crippen LogP contribution in [0.5, 0.6) is 0 Å². The Morgan fingerprint density at radius 1 is 1.16 bits per heavy atom. The molecule has 0 aromatic heterocycles. The number of hydrogen-bond acceptors (Lipinski definition) is 5. The number of carbonyl (C=O) groups excluding carboxylic acids is 2. The Balaban J connectivity index is 1.51. The second-order valence-electron chi connectivity index (χ2n) is 7.48. The molecule has 2 aromatic rings. The van der Waals surface area contributed by atoms with Crippen LogP contribution in [-0.4, -0.2) is 55.8 Å². The van der Waals surface area contributed by atoms with Gasteiger partial charge in [-0.3, -0.25) is 9.69 Å². The monoisotopic (exact) mass is 447 g/mol. The Hall–Kier alpha value is -2.81. The van der Waals surface area contributed by atoms with Gasteiger partial charge in [-0.15, -0.1) is 0 Å². The van der Waals surface area contributed by atoms with Crippen LogP contribution >= 0.6 is 11.8 Å². The molecule has 164 valence electrons. The summed E-state index contributed by atoms with van der Waals surface area (Å²) in [5.41, 5.74) is 1.57. The molecule has 0 bridgehead atoms. The number of ether oxygens (including phenoxy) is 1. The zero-order chi connectivity index (χ0) is 22.0. The first kappa shape index (κ1) is 21.4. The molecule has 0 spiro atoms. The van der Waals surface area contributed by atoms with Crippen molar-refractivity contribution >= 4 is 35.1 Å². The van der Waals surface area contributed by atoms with Gasteiger partial charge in [0.2, 0.25) is 5.91 Å². The molecule has 2 fully saturated rings. The molecule has 0 saturated carbocycles. The Morgan fingerprint density at radius 2 is 1.94 bits per heavy atom. The molecule has 2 heterocycles. The van der Waals surface area contributed by atoms with Crippen molar-refractivity contribution in [1.82, 2.24) is 5.32 Å². The molecule has 9 heteroatoms. The third kappa shape index (κ3) is 4.76. The molecule has 31 heavy (non-hydrogen) atoms. The number of amides is 2. The Morgan fingerprint density at radius 3 is 2.61 bits per heavy atom. The quantitative estimate of drug-likeness (QED) is 0.758. The van der Waals surface area contributed by atoms with E-state index in [0.29, 0.717) is 16.9 Å². The summed E-state index contributed by atoms with van der Waals surface area (Å²) >= 11 is 1.85. The zero-order valence-corrected chi connectivity index (χ0v) is 17.9. The fraction of sp³-hybridized carbons (Fsp3) is 0.364. The number of hydrogen-bond donors (Lipinski definition) is 1. The number of cyclic esters (lactones) is 1. The van der Waals surface area contributed by atoms with Crippen LogP contribution in [0.25, 0.3) is 11.1 Å². The van der Waals surface area contributed by atoms with E-state index in [-0.39, 0.29) is 30.4 Å². The fourth-order valence-corrected chi connectivity index (χ4v) is 4.64. The molecule has 1 atom stereocenters. The van der Waals surface area contributed by atoms with Gasteiger partial charge in [-0.2, -0.15) is 11.8 Å². The molecule has 2 aliphatic rings. The molecule has 0 aliphatic carbocycles. The SMILES string of the molecule is CC(=O)NCC1CN(c2ccc(-c3ccc(N4CCSCC4)c(F)c3)c(F)c2)C(=O)O1. The molecule has 4 rings (SSSR count). The average molecular weight is 448 g/mol. The number of nitrogens with zero attached hydrogens (tertiary/aromatic N) is 2. The third-order valence-corrected chi connectivity index (χ3v) is 6.27. The molecular weight excluding hydrogens is 424 g/mol. The minimum absolute atomic E-state index is 0.194. The zero-order valence-electron chi connectivity index (χ0n) is 17.1. The van der Waals surface area contributed by atoms with Crippen molar-refractivity contribution in [3.05, 3.63) is 48.0 Å². The van der Waals surface area contributed by atoms with Gasteiger partial charge in [-0.25, -0.2) is 13.6 Å². The molecule has 2 amide bonds. The molecule has 0 radical (unpaired) electrons. The van der Waals surface area contributed by atoms with E-state index in [4.69, 9.17) is 4.74 Å². The topological polar surface area (TPSA) is 61.9 Å². The van der Waals surface area contributed by atoms with Gasteiger partial charge < -0.3 is 15.0 Å². The predicted molar refractivity (Wildman–Crippen MR) is 118 cm³/mol. The smallest absolute Gasteiger partial charge is 0.414 e. The van der Waals surface area contributed by atoms with Crippen LogP contribution in [0.3, 0.4) is 0 Å². The summed E-state index contributed by atoms with van der Waals surface area (Å²) in [6, 6.07) is 9.14. The number of halogens is 2. The van der Waals surface area contributed by atoms with E-state index in [1.165, 1.54) is 30.0 Å². The van der Waals surface area contributed by atoms with Crippen molar-refractivity contribution in [3.8, 4) is 11.1 Å². The Kier molecular flexibility index (Phi) is 6.31. The Labute approximate surface area is 183 Å². The number of nitrogens with one attached hydrogen (secondary N) is 1. The van der Waals surface area contributed by atoms with E-state index in [0.717, 1.165) is 24.6 Å². The number of carbonyl (C=O) groups is 2. The van der Waals surface area contributed by atoms with Crippen molar-refractivity contribution < 1.29 is 23.1 Å². The highest BCUT2D eigenvalue weighted by Crippen LogP contribution is 2.32. The molecule has 2 aromatic carbocycles. The standard InChI is InChI=1S/C22H23F2N3O3S/c1-14(28)25-12-17-13-27(22(29)30-17)16-3-4-18(19(23)11-16)15-2-5-21(20(24)10-15)26-6-8-31-9-7-26/h2-5,10-11,17H,6-9,12-13H2,1H3,(H,25,28). The molecule has 2 aliphatic heterocycles. The summed E-state index contributed by atoms with van der Waals surface area (Å²) in [6.45, 7) is 3.36. The van der Waals surface area contributed by atoms with Crippen LogP contribution < -0.4 is 15.1 Å². The van der Waals surface area contributed by atoms with Crippen molar-refractivity contribution in [2.24, 2.45) is 0 Å². The van der Waals surface area contributed by atoms with Crippen molar-refractivity contribution in [1.29, 1.82) is 0 Å². The maximum atomic E-state index is 14.9. The first-order valence-corrected chi connectivity index (χ1v) is 11.2. The molecule has 1 unspecified atom stereocenters. The lowest BCUT2D eigenvalue weighted by Crippen LogP contribution is -2.33. The first-order valence-electron chi connectivity index (χ1n) is 10.1. The minimum Gasteiger partial charge on any atom is -0.442 e. The lowest BCUT2D eigenvalue weighted by molar-refractivity contribution is -0.119.